The SMILES string of the molecule is COc1cc(-c2cc3c(Nc4ccccc4)ncnc3cc2C)ccc1O. The van der Waals surface area contributed by atoms with E-state index in [4.69, 9.17) is 4.74 Å². The summed E-state index contributed by atoms with van der Waals surface area (Å²) in [4.78, 5) is 8.84. The summed E-state index contributed by atoms with van der Waals surface area (Å²) in [5, 5.41) is 14.2. The zero-order valence-corrected chi connectivity index (χ0v) is 15.1. The Balaban J connectivity index is 1.85. The molecule has 5 heteroatoms. The van der Waals surface area contributed by atoms with Crippen molar-refractivity contribution in [2.24, 2.45) is 0 Å². The van der Waals surface area contributed by atoms with E-state index in [0.717, 1.165) is 39.1 Å². The summed E-state index contributed by atoms with van der Waals surface area (Å²) >= 11 is 0. The summed E-state index contributed by atoms with van der Waals surface area (Å²) in [7, 11) is 1.54. The zero-order chi connectivity index (χ0) is 18.8. The highest BCUT2D eigenvalue weighted by atomic mass is 16.5. The highest BCUT2D eigenvalue weighted by Crippen LogP contribution is 2.35. The molecule has 134 valence electrons. The number of phenolic OH excluding ortho intramolecular Hbond substituents is 1. The van der Waals surface area contributed by atoms with Crippen LogP contribution in [0.2, 0.25) is 0 Å². The van der Waals surface area contributed by atoms with Gasteiger partial charge in [-0.05, 0) is 60.0 Å². The lowest BCUT2D eigenvalue weighted by Crippen LogP contribution is -1.97. The third kappa shape index (κ3) is 3.27. The summed E-state index contributed by atoms with van der Waals surface area (Å²) in [5.74, 6) is 1.31. The predicted octanol–water partition coefficient (Wildman–Crippen LogP) is 5.06. The molecule has 0 atom stereocenters. The lowest BCUT2D eigenvalue weighted by atomic mass is 9.98. The number of rotatable bonds is 4. The van der Waals surface area contributed by atoms with Gasteiger partial charge in [0.15, 0.2) is 11.5 Å². The number of aromatic hydroxyl groups is 1. The Bertz CT molecular complexity index is 1110. The number of anilines is 2. The van der Waals surface area contributed by atoms with Crippen LogP contribution in [-0.2, 0) is 0 Å². The van der Waals surface area contributed by atoms with E-state index in [1.54, 1.807) is 19.5 Å². The van der Waals surface area contributed by atoms with E-state index < -0.39 is 0 Å². The van der Waals surface area contributed by atoms with E-state index in [-0.39, 0.29) is 5.75 Å². The van der Waals surface area contributed by atoms with E-state index in [9.17, 15) is 5.11 Å². The maximum absolute atomic E-state index is 9.88. The molecule has 0 bridgehead atoms. The molecule has 1 aromatic heterocycles. The van der Waals surface area contributed by atoms with Crippen LogP contribution < -0.4 is 10.1 Å². The first kappa shape index (κ1) is 16.8. The average Bonchev–Trinajstić information content (AvgIpc) is 2.69. The van der Waals surface area contributed by atoms with Gasteiger partial charge >= 0.3 is 0 Å². The Labute approximate surface area is 157 Å². The minimum Gasteiger partial charge on any atom is -0.504 e. The number of nitrogens with zero attached hydrogens (tertiary/aromatic N) is 2. The van der Waals surface area contributed by atoms with Crippen LogP contribution in [-0.4, -0.2) is 22.2 Å². The van der Waals surface area contributed by atoms with E-state index >= 15 is 0 Å². The first-order valence-corrected chi connectivity index (χ1v) is 8.60. The van der Waals surface area contributed by atoms with E-state index in [1.807, 2.05) is 55.5 Å². The lowest BCUT2D eigenvalue weighted by molar-refractivity contribution is 0.373. The van der Waals surface area contributed by atoms with Crippen molar-refractivity contribution in [2.75, 3.05) is 12.4 Å². The number of para-hydroxylation sites is 1. The Morgan fingerprint density at radius 3 is 2.56 bits per heavy atom. The Kier molecular flexibility index (Phi) is 4.34. The summed E-state index contributed by atoms with van der Waals surface area (Å²) in [6, 6.07) is 19.4. The van der Waals surface area contributed by atoms with Crippen molar-refractivity contribution in [2.45, 2.75) is 6.92 Å². The molecule has 1 heterocycles. The van der Waals surface area contributed by atoms with Crippen molar-refractivity contribution >= 4 is 22.4 Å². The van der Waals surface area contributed by atoms with Crippen molar-refractivity contribution in [1.29, 1.82) is 0 Å². The van der Waals surface area contributed by atoms with Crippen molar-refractivity contribution < 1.29 is 9.84 Å². The molecule has 0 spiro atoms. The molecule has 2 N–H and O–H groups in total. The van der Waals surface area contributed by atoms with Gasteiger partial charge in [0.2, 0.25) is 0 Å². The number of aromatic nitrogens is 2. The molecule has 4 aromatic rings. The van der Waals surface area contributed by atoms with Crippen LogP contribution in [0, 0.1) is 6.92 Å². The number of nitrogens with one attached hydrogen (secondary N) is 1. The fraction of sp³-hybridized carbons (Fsp3) is 0.0909. The predicted molar refractivity (Wildman–Crippen MR) is 108 cm³/mol. The average molecular weight is 357 g/mol. The molecular weight excluding hydrogens is 338 g/mol. The monoisotopic (exact) mass is 357 g/mol. The van der Waals surface area contributed by atoms with Gasteiger partial charge in [-0.25, -0.2) is 9.97 Å². The van der Waals surface area contributed by atoms with Gasteiger partial charge in [0.1, 0.15) is 12.1 Å². The smallest absolute Gasteiger partial charge is 0.161 e. The summed E-state index contributed by atoms with van der Waals surface area (Å²) in [6.07, 6.45) is 1.57. The van der Waals surface area contributed by atoms with Gasteiger partial charge in [-0.2, -0.15) is 0 Å². The first-order chi connectivity index (χ1) is 13.2. The number of hydrogen-bond donors (Lipinski definition) is 2. The molecule has 0 saturated heterocycles. The van der Waals surface area contributed by atoms with Gasteiger partial charge in [0, 0.05) is 11.1 Å². The molecule has 0 unspecified atom stereocenters. The topological polar surface area (TPSA) is 67.3 Å². The van der Waals surface area contributed by atoms with Crippen molar-refractivity contribution in [1.82, 2.24) is 9.97 Å². The fourth-order valence-electron chi connectivity index (χ4n) is 3.12. The van der Waals surface area contributed by atoms with Crippen LogP contribution in [0.15, 0.2) is 67.0 Å². The molecule has 0 aliphatic rings. The molecule has 0 fully saturated rings. The molecule has 4 rings (SSSR count). The molecule has 3 aromatic carbocycles. The summed E-state index contributed by atoms with van der Waals surface area (Å²) < 4.78 is 5.25. The second kappa shape index (κ2) is 6.96. The van der Waals surface area contributed by atoms with Gasteiger partial charge in [-0.1, -0.05) is 24.3 Å². The normalized spacial score (nSPS) is 10.7. The second-order valence-electron chi connectivity index (χ2n) is 6.28. The van der Waals surface area contributed by atoms with E-state index in [2.05, 4.69) is 21.4 Å². The number of aryl methyl sites for hydroxylation is 1. The number of methoxy groups -OCH3 is 1. The van der Waals surface area contributed by atoms with Gasteiger partial charge in [0.05, 0.1) is 12.6 Å². The Morgan fingerprint density at radius 1 is 0.963 bits per heavy atom. The molecular formula is C22H19N3O2. The minimum absolute atomic E-state index is 0.120. The van der Waals surface area contributed by atoms with Crippen LogP contribution in [0.5, 0.6) is 11.5 Å². The number of hydrogen-bond acceptors (Lipinski definition) is 5. The lowest BCUT2D eigenvalue weighted by Gasteiger charge is -2.13. The molecule has 0 amide bonds. The van der Waals surface area contributed by atoms with Gasteiger partial charge in [0.25, 0.3) is 0 Å². The van der Waals surface area contributed by atoms with E-state index in [0.29, 0.717) is 5.75 Å². The standard InChI is InChI=1S/C22H19N3O2/c1-14-10-19-18(12-17(14)15-8-9-20(26)21(11-15)27-2)22(24-13-23-19)25-16-6-4-3-5-7-16/h3-13,26H,1-2H3,(H,23,24,25). The van der Waals surface area contributed by atoms with Crippen LogP contribution in [0.4, 0.5) is 11.5 Å². The molecule has 0 aliphatic carbocycles. The van der Waals surface area contributed by atoms with E-state index in [1.165, 1.54) is 0 Å². The quantitative estimate of drug-likeness (QED) is 0.534. The first-order valence-electron chi connectivity index (χ1n) is 8.60. The van der Waals surface area contributed by atoms with Crippen LogP contribution in [0.1, 0.15) is 5.56 Å². The zero-order valence-electron chi connectivity index (χ0n) is 15.1. The van der Waals surface area contributed by atoms with Crippen molar-refractivity contribution in [3.05, 3.63) is 72.6 Å². The molecule has 5 nitrogen and oxygen atoms in total. The summed E-state index contributed by atoms with van der Waals surface area (Å²) in [5.41, 5.74) is 4.91. The minimum atomic E-state index is 0.120. The third-order valence-electron chi connectivity index (χ3n) is 4.51. The molecule has 0 saturated carbocycles. The fourth-order valence-corrected chi connectivity index (χ4v) is 3.12. The Morgan fingerprint density at radius 2 is 1.78 bits per heavy atom. The van der Waals surface area contributed by atoms with Gasteiger partial charge in [-0.15, -0.1) is 0 Å². The number of fused-ring (bicyclic) bond motifs is 1. The number of phenols is 1. The molecule has 0 aliphatic heterocycles. The number of benzene rings is 3. The maximum atomic E-state index is 9.88. The molecule has 27 heavy (non-hydrogen) atoms. The van der Waals surface area contributed by atoms with Gasteiger partial charge in [-0.3, -0.25) is 0 Å². The highest BCUT2D eigenvalue weighted by Gasteiger charge is 2.11. The second-order valence-corrected chi connectivity index (χ2v) is 6.28. The van der Waals surface area contributed by atoms with Crippen molar-refractivity contribution in [3.63, 3.8) is 0 Å². The largest absolute Gasteiger partial charge is 0.504 e. The summed E-state index contributed by atoms with van der Waals surface area (Å²) in [6.45, 7) is 2.04. The van der Waals surface area contributed by atoms with Gasteiger partial charge < -0.3 is 15.2 Å². The highest BCUT2D eigenvalue weighted by molar-refractivity contribution is 5.95. The maximum Gasteiger partial charge on any atom is 0.161 e. The van der Waals surface area contributed by atoms with Crippen LogP contribution in [0.3, 0.4) is 0 Å². The third-order valence-corrected chi connectivity index (χ3v) is 4.51. The molecule has 0 radical (unpaired) electrons. The van der Waals surface area contributed by atoms with Crippen LogP contribution in [0.25, 0.3) is 22.0 Å². The number of ether oxygens (including phenoxy) is 1. The Hall–Kier alpha value is -3.60. The van der Waals surface area contributed by atoms with Crippen molar-refractivity contribution in [3.8, 4) is 22.6 Å². The van der Waals surface area contributed by atoms with Crippen LogP contribution >= 0.6 is 0 Å².